The molecule has 10 heteroatoms. The molecule has 0 saturated carbocycles. The standard InChI is InChI=1S/C49H51N3O6S/c1-35-17-27-44(28-18-35)59(55,56)51-46(29-36-11-5-3-6-12-36)48(54)50-31-42-15-9-10-16-45(42)39-23-25-41(26-24-39)49-57-43(33-52(2)32-37-13-7-4-8-14-37)30-47(58-49)40-21-19-38(34-53)20-22-40/h3-28,43,46-47,49,51,53H,29-34H2,1-2H3,(H,50,54). The zero-order valence-corrected chi connectivity index (χ0v) is 34.2. The van der Waals surface area contributed by atoms with E-state index in [0.717, 1.165) is 57.6 Å². The fraction of sp³-hybridized carbons (Fsp3) is 0.245. The van der Waals surface area contributed by atoms with Gasteiger partial charge in [-0.3, -0.25) is 9.69 Å². The van der Waals surface area contributed by atoms with Gasteiger partial charge in [0.1, 0.15) is 6.04 Å². The molecule has 4 unspecified atom stereocenters. The van der Waals surface area contributed by atoms with E-state index in [-0.39, 0.29) is 36.7 Å². The van der Waals surface area contributed by atoms with Gasteiger partial charge in [0, 0.05) is 31.6 Å². The van der Waals surface area contributed by atoms with Crippen LogP contribution in [0.5, 0.6) is 0 Å². The second kappa shape index (κ2) is 19.5. The Balaban J connectivity index is 1.06. The molecule has 7 rings (SSSR count). The van der Waals surface area contributed by atoms with Crippen molar-refractivity contribution in [3.8, 4) is 11.1 Å². The summed E-state index contributed by atoms with van der Waals surface area (Å²) in [6.07, 6.45) is -0.0280. The molecule has 0 aromatic heterocycles. The van der Waals surface area contributed by atoms with Gasteiger partial charge in [0.2, 0.25) is 15.9 Å². The number of likely N-dealkylation sites (N-methyl/N-ethyl adjacent to an activating group) is 1. The van der Waals surface area contributed by atoms with Crippen LogP contribution in [0.3, 0.4) is 0 Å². The highest BCUT2D eigenvalue weighted by molar-refractivity contribution is 7.89. The summed E-state index contributed by atoms with van der Waals surface area (Å²) in [5.74, 6) is -0.425. The number of aryl methyl sites for hydroxylation is 1. The van der Waals surface area contributed by atoms with Crippen molar-refractivity contribution in [3.05, 3.63) is 197 Å². The molecule has 6 aromatic carbocycles. The van der Waals surface area contributed by atoms with Gasteiger partial charge in [-0.05, 0) is 71.5 Å². The molecular weight excluding hydrogens is 759 g/mol. The number of nitrogens with zero attached hydrogens (tertiary/aromatic N) is 1. The van der Waals surface area contributed by atoms with Crippen molar-refractivity contribution in [3.63, 3.8) is 0 Å². The largest absolute Gasteiger partial charge is 0.392 e. The Hall–Kier alpha value is -5.46. The second-order valence-electron chi connectivity index (χ2n) is 15.2. The first kappa shape index (κ1) is 41.7. The lowest BCUT2D eigenvalue weighted by Crippen LogP contribution is -2.47. The van der Waals surface area contributed by atoms with E-state index in [4.69, 9.17) is 9.47 Å². The molecule has 1 amide bonds. The van der Waals surface area contributed by atoms with Crippen molar-refractivity contribution in [2.45, 2.75) is 68.9 Å². The first-order valence-corrected chi connectivity index (χ1v) is 21.4. The molecule has 3 N–H and O–H groups in total. The Bertz CT molecular complexity index is 2380. The molecular formula is C49H51N3O6S. The van der Waals surface area contributed by atoms with Gasteiger partial charge < -0.3 is 19.9 Å². The van der Waals surface area contributed by atoms with Crippen LogP contribution in [-0.4, -0.2) is 50.1 Å². The van der Waals surface area contributed by atoms with E-state index < -0.39 is 28.3 Å². The number of aliphatic hydroxyl groups is 1. The number of hydrogen-bond acceptors (Lipinski definition) is 7. The SMILES string of the molecule is Cc1ccc(S(=O)(=O)NC(Cc2ccccc2)C(=O)NCc2ccccc2-c2ccc(C3OC(CN(C)Cc4ccccc4)CC(c4ccc(CO)cc4)O3)cc2)cc1. The maximum Gasteiger partial charge on any atom is 0.241 e. The minimum absolute atomic E-state index is 0.0167. The molecule has 0 spiro atoms. The number of amides is 1. The van der Waals surface area contributed by atoms with Gasteiger partial charge >= 0.3 is 0 Å². The molecule has 1 heterocycles. The summed E-state index contributed by atoms with van der Waals surface area (Å²) in [6.45, 7) is 3.58. The number of ether oxygens (including phenoxy) is 2. The summed E-state index contributed by atoms with van der Waals surface area (Å²) in [4.78, 5) is 16.2. The maximum atomic E-state index is 13.8. The van der Waals surface area contributed by atoms with Crippen LogP contribution < -0.4 is 10.0 Å². The van der Waals surface area contributed by atoms with Crippen molar-refractivity contribution in [1.29, 1.82) is 0 Å². The number of benzene rings is 6. The zero-order chi connectivity index (χ0) is 41.2. The highest BCUT2D eigenvalue weighted by atomic mass is 32.2. The molecule has 304 valence electrons. The molecule has 0 bridgehead atoms. The van der Waals surface area contributed by atoms with E-state index in [1.807, 2.05) is 116 Å². The third kappa shape index (κ3) is 11.2. The van der Waals surface area contributed by atoms with E-state index >= 15 is 0 Å². The molecule has 59 heavy (non-hydrogen) atoms. The predicted octanol–water partition coefficient (Wildman–Crippen LogP) is 8.04. The molecule has 0 aliphatic carbocycles. The number of hydrogen-bond donors (Lipinski definition) is 3. The van der Waals surface area contributed by atoms with Crippen LogP contribution in [0.15, 0.2) is 163 Å². The maximum absolute atomic E-state index is 13.8. The normalized spacial score (nSPS) is 17.4. The molecule has 9 nitrogen and oxygen atoms in total. The molecule has 1 fully saturated rings. The highest BCUT2D eigenvalue weighted by Crippen LogP contribution is 2.39. The molecule has 4 atom stereocenters. The lowest BCUT2D eigenvalue weighted by Gasteiger charge is -2.38. The number of nitrogens with one attached hydrogen (secondary N) is 2. The summed E-state index contributed by atoms with van der Waals surface area (Å²) >= 11 is 0. The van der Waals surface area contributed by atoms with E-state index in [0.29, 0.717) is 6.42 Å². The van der Waals surface area contributed by atoms with Crippen LogP contribution in [0.4, 0.5) is 0 Å². The first-order valence-electron chi connectivity index (χ1n) is 20.0. The van der Waals surface area contributed by atoms with Crippen molar-refractivity contribution >= 4 is 15.9 Å². The van der Waals surface area contributed by atoms with E-state index in [2.05, 4.69) is 46.3 Å². The predicted molar refractivity (Wildman–Crippen MR) is 230 cm³/mol. The fourth-order valence-corrected chi connectivity index (χ4v) is 8.63. The number of aliphatic hydroxyl groups excluding tert-OH is 1. The Kier molecular flexibility index (Phi) is 13.8. The average molecular weight is 810 g/mol. The number of carbonyl (C=O) groups is 1. The van der Waals surface area contributed by atoms with E-state index in [1.54, 1.807) is 24.3 Å². The lowest BCUT2D eigenvalue weighted by atomic mass is 9.97. The third-order valence-electron chi connectivity index (χ3n) is 10.6. The average Bonchev–Trinajstić information content (AvgIpc) is 3.26. The van der Waals surface area contributed by atoms with Crippen LogP contribution >= 0.6 is 0 Å². The minimum Gasteiger partial charge on any atom is -0.392 e. The monoisotopic (exact) mass is 809 g/mol. The topological polar surface area (TPSA) is 117 Å². The molecule has 1 aliphatic heterocycles. The van der Waals surface area contributed by atoms with Crippen molar-refractivity contribution < 1.29 is 27.8 Å². The van der Waals surface area contributed by atoms with Crippen LogP contribution in [0, 0.1) is 6.92 Å². The van der Waals surface area contributed by atoms with Crippen LogP contribution in [0.1, 0.15) is 57.8 Å². The van der Waals surface area contributed by atoms with Crippen molar-refractivity contribution in [2.75, 3.05) is 13.6 Å². The van der Waals surface area contributed by atoms with Crippen LogP contribution in [0.25, 0.3) is 11.1 Å². The van der Waals surface area contributed by atoms with Gasteiger partial charge in [-0.25, -0.2) is 8.42 Å². The van der Waals surface area contributed by atoms with Gasteiger partial charge in [0.25, 0.3) is 0 Å². The third-order valence-corrected chi connectivity index (χ3v) is 12.1. The smallest absolute Gasteiger partial charge is 0.241 e. The van der Waals surface area contributed by atoms with Gasteiger partial charge in [0.05, 0.1) is 23.7 Å². The number of rotatable bonds is 16. The Morgan fingerprint density at radius 3 is 2.05 bits per heavy atom. The Morgan fingerprint density at radius 2 is 1.37 bits per heavy atom. The van der Waals surface area contributed by atoms with Gasteiger partial charge in [-0.1, -0.05) is 151 Å². The van der Waals surface area contributed by atoms with E-state index in [9.17, 15) is 18.3 Å². The first-order chi connectivity index (χ1) is 28.6. The summed E-state index contributed by atoms with van der Waals surface area (Å²) in [5.41, 5.74) is 8.55. The fourth-order valence-electron chi connectivity index (χ4n) is 7.43. The molecule has 1 aliphatic rings. The van der Waals surface area contributed by atoms with Gasteiger partial charge in [0.15, 0.2) is 6.29 Å². The van der Waals surface area contributed by atoms with Gasteiger partial charge in [-0.2, -0.15) is 4.72 Å². The molecule has 1 saturated heterocycles. The summed E-state index contributed by atoms with van der Waals surface area (Å²) < 4.78 is 42.8. The summed E-state index contributed by atoms with van der Waals surface area (Å²) in [5, 5.41) is 12.6. The van der Waals surface area contributed by atoms with Gasteiger partial charge in [-0.15, -0.1) is 0 Å². The van der Waals surface area contributed by atoms with E-state index in [1.165, 1.54) is 5.56 Å². The second-order valence-corrected chi connectivity index (χ2v) is 16.9. The van der Waals surface area contributed by atoms with Crippen molar-refractivity contribution in [1.82, 2.24) is 14.9 Å². The Labute approximate surface area is 347 Å². The summed E-state index contributed by atoms with van der Waals surface area (Å²) in [7, 11) is -1.87. The zero-order valence-electron chi connectivity index (χ0n) is 33.4. The van der Waals surface area contributed by atoms with Crippen LogP contribution in [-0.2, 0) is 50.4 Å². The Morgan fingerprint density at radius 1 is 0.746 bits per heavy atom. The minimum atomic E-state index is -3.98. The van der Waals surface area contributed by atoms with Crippen molar-refractivity contribution in [2.24, 2.45) is 0 Å². The molecule has 0 radical (unpaired) electrons. The lowest BCUT2D eigenvalue weighted by molar-refractivity contribution is -0.252. The molecule has 6 aromatic rings. The number of carbonyl (C=O) groups excluding carboxylic acids is 1. The quantitative estimate of drug-likeness (QED) is 0.0907. The highest BCUT2D eigenvalue weighted by Gasteiger charge is 2.33. The summed E-state index contributed by atoms with van der Waals surface area (Å²) in [6, 6.07) is 49.1. The number of sulfonamides is 1. The van der Waals surface area contributed by atoms with Crippen LogP contribution in [0.2, 0.25) is 0 Å².